The monoisotopic (exact) mass is 393 g/mol. The number of hydrogen-bond donors (Lipinski definition) is 2. The molecule has 0 bridgehead atoms. The highest BCUT2D eigenvalue weighted by Crippen LogP contribution is 2.23. The number of nitrogens with zero attached hydrogens (tertiary/aromatic N) is 1. The lowest BCUT2D eigenvalue weighted by atomic mass is 9.99. The van der Waals surface area contributed by atoms with Crippen molar-refractivity contribution in [2.75, 3.05) is 6.54 Å². The van der Waals surface area contributed by atoms with E-state index in [2.05, 4.69) is 16.4 Å². The quantitative estimate of drug-likeness (QED) is 0.653. The second-order valence-electron chi connectivity index (χ2n) is 7.10. The van der Waals surface area contributed by atoms with Crippen molar-refractivity contribution in [2.45, 2.75) is 32.1 Å². The smallest absolute Gasteiger partial charge is 0.254 e. The number of amides is 1. The number of carbonyl (C=O) groups excluding carboxylic acids is 1. The van der Waals surface area contributed by atoms with Gasteiger partial charge in [-0.2, -0.15) is 0 Å². The molecule has 0 saturated heterocycles. The second kappa shape index (κ2) is 8.52. The number of aromatic nitrogens is 2. The molecule has 1 aliphatic carbocycles. The first-order valence-corrected chi connectivity index (χ1v) is 10.6. The molecule has 28 heavy (non-hydrogen) atoms. The minimum Gasteiger partial charge on any atom is -0.356 e. The molecule has 0 aliphatic heterocycles. The number of benzene rings is 1. The predicted octanol–water partition coefficient (Wildman–Crippen LogP) is 3.35. The third-order valence-electron chi connectivity index (χ3n) is 5.24. The SMILES string of the molecule is O=C(NCCc1cccs1)C1CCc2nc(-c3ccccc3)[nH]c(=O)c2CC1. The first kappa shape index (κ1) is 18.6. The Kier molecular flexibility index (Phi) is 5.67. The van der Waals surface area contributed by atoms with Gasteiger partial charge in [0.2, 0.25) is 5.91 Å². The molecule has 0 spiro atoms. The average Bonchev–Trinajstić information content (AvgIpc) is 3.13. The lowest BCUT2D eigenvalue weighted by Crippen LogP contribution is -2.32. The van der Waals surface area contributed by atoms with Crippen LogP contribution in [-0.2, 0) is 24.1 Å². The molecule has 6 heteroatoms. The van der Waals surface area contributed by atoms with Gasteiger partial charge < -0.3 is 10.3 Å². The van der Waals surface area contributed by atoms with Gasteiger partial charge in [-0.15, -0.1) is 11.3 Å². The lowest BCUT2D eigenvalue weighted by molar-refractivity contribution is -0.125. The molecule has 1 aliphatic rings. The van der Waals surface area contributed by atoms with E-state index in [1.165, 1.54) is 4.88 Å². The van der Waals surface area contributed by atoms with E-state index in [1.807, 2.05) is 41.8 Å². The number of H-pyrrole nitrogens is 1. The highest BCUT2D eigenvalue weighted by Gasteiger charge is 2.25. The summed E-state index contributed by atoms with van der Waals surface area (Å²) < 4.78 is 0. The second-order valence-corrected chi connectivity index (χ2v) is 8.13. The van der Waals surface area contributed by atoms with Crippen LogP contribution in [0.15, 0.2) is 52.6 Å². The maximum atomic E-state index is 12.6. The van der Waals surface area contributed by atoms with Crippen LogP contribution < -0.4 is 10.9 Å². The van der Waals surface area contributed by atoms with Crippen LogP contribution in [0.4, 0.5) is 0 Å². The fraction of sp³-hybridized carbons (Fsp3) is 0.318. The molecule has 5 nitrogen and oxygen atoms in total. The molecule has 2 aromatic heterocycles. The average molecular weight is 394 g/mol. The summed E-state index contributed by atoms with van der Waals surface area (Å²) in [6, 6.07) is 13.8. The highest BCUT2D eigenvalue weighted by atomic mass is 32.1. The Morgan fingerprint density at radius 1 is 1.14 bits per heavy atom. The van der Waals surface area contributed by atoms with Crippen molar-refractivity contribution in [2.24, 2.45) is 5.92 Å². The maximum Gasteiger partial charge on any atom is 0.254 e. The zero-order valence-corrected chi connectivity index (χ0v) is 16.4. The molecule has 1 atom stereocenters. The summed E-state index contributed by atoms with van der Waals surface area (Å²) in [6.07, 6.45) is 3.52. The molecule has 144 valence electrons. The van der Waals surface area contributed by atoms with Crippen molar-refractivity contribution in [1.82, 2.24) is 15.3 Å². The van der Waals surface area contributed by atoms with Crippen molar-refractivity contribution >= 4 is 17.2 Å². The van der Waals surface area contributed by atoms with Gasteiger partial charge in [-0.25, -0.2) is 4.98 Å². The molecular weight excluding hydrogens is 370 g/mol. The summed E-state index contributed by atoms with van der Waals surface area (Å²) in [5.41, 5.74) is 2.38. The number of hydrogen-bond acceptors (Lipinski definition) is 4. The molecule has 2 N–H and O–H groups in total. The summed E-state index contributed by atoms with van der Waals surface area (Å²) in [7, 11) is 0. The molecule has 0 saturated carbocycles. The van der Waals surface area contributed by atoms with Crippen LogP contribution in [0.2, 0.25) is 0 Å². The van der Waals surface area contributed by atoms with Crippen LogP contribution >= 0.6 is 11.3 Å². The fourth-order valence-electron chi connectivity index (χ4n) is 3.69. The van der Waals surface area contributed by atoms with Gasteiger partial charge in [0.15, 0.2) is 0 Å². The van der Waals surface area contributed by atoms with E-state index < -0.39 is 0 Å². The van der Waals surface area contributed by atoms with Gasteiger partial charge in [-0.1, -0.05) is 36.4 Å². The van der Waals surface area contributed by atoms with Crippen LogP contribution in [0, 0.1) is 5.92 Å². The van der Waals surface area contributed by atoms with E-state index in [0.29, 0.717) is 31.6 Å². The van der Waals surface area contributed by atoms with Gasteiger partial charge in [0.1, 0.15) is 5.82 Å². The standard InChI is InChI=1S/C22H23N3O2S/c26-21(23-13-12-17-7-4-14-28-17)16-8-10-18-19(11-9-16)24-20(25-22(18)27)15-5-2-1-3-6-15/h1-7,14,16H,8-13H2,(H,23,26)(H,24,25,27). The molecule has 1 amide bonds. The maximum absolute atomic E-state index is 12.6. The van der Waals surface area contributed by atoms with E-state index in [4.69, 9.17) is 4.98 Å². The van der Waals surface area contributed by atoms with E-state index in [1.54, 1.807) is 11.3 Å². The van der Waals surface area contributed by atoms with Crippen LogP contribution in [0.25, 0.3) is 11.4 Å². The molecule has 0 radical (unpaired) electrons. The molecule has 1 unspecified atom stereocenters. The topological polar surface area (TPSA) is 74.8 Å². The van der Waals surface area contributed by atoms with Crippen molar-refractivity contribution in [3.63, 3.8) is 0 Å². The van der Waals surface area contributed by atoms with Gasteiger partial charge >= 0.3 is 0 Å². The van der Waals surface area contributed by atoms with Crippen LogP contribution in [0.5, 0.6) is 0 Å². The number of rotatable bonds is 5. The Balaban J connectivity index is 1.42. The van der Waals surface area contributed by atoms with E-state index >= 15 is 0 Å². The lowest BCUT2D eigenvalue weighted by Gasteiger charge is -2.13. The van der Waals surface area contributed by atoms with Crippen LogP contribution in [0.3, 0.4) is 0 Å². The predicted molar refractivity (Wildman–Crippen MR) is 111 cm³/mol. The first-order chi connectivity index (χ1) is 13.7. The van der Waals surface area contributed by atoms with Crippen LogP contribution in [0.1, 0.15) is 29.0 Å². The van der Waals surface area contributed by atoms with Gasteiger partial charge in [0.05, 0.1) is 5.69 Å². The van der Waals surface area contributed by atoms with Gasteiger partial charge in [0, 0.05) is 28.5 Å². The summed E-state index contributed by atoms with van der Waals surface area (Å²) in [4.78, 5) is 34.1. The van der Waals surface area contributed by atoms with E-state index in [-0.39, 0.29) is 17.4 Å². The molecule has 4 rings (SSSR count). The summed E-state index contributed by atoms with van der Waals surface area (Å²) in [6.45, 7) is 0.653. The van der Waals surface area contributed by atoms with Crippen molar-refractivity contribution in [3.8, 4) is 11.4 Å². The van der Waals surface area contributed by atoms with Crippen molar-refractivity contribution in [1.29, 1.82) is 0 Å². The molecular formula is C22H23N3O2S. The Labute approximate surface area is 167 Å². The van der Waals surface area contributed by atoms with Crippen molar-refractivity contribution < 1.29 is 4.79 Å². The Bertz CT molecular complexity index is 996. The zero-order chi connectivity index (χ0) is 19.3. The van der Waals surface area contributed by atoms with Crippen molar-refractivity contribution in [3.05, 3.63) is 74.3 Å². The Morgan fingerprint density at radius 2 is 1.96 bits per heavy atom. The number of aryl methyl sites for hydroxylation is 1. The summed E-state index contributed by atoms with van der Waals surface area (Å²) in [5.74, 6) is 0.615. The number of fused-ring (bicyclic) bond motifs is 1. The van der Waals surface area contributed by atoms with Gasteiger partial charge in [0.25, 0.3) is 5.56 Å². The molecule has 2 heterocycles. The molecule has 0 fully saturated rings. The van der Waals surface area contributed by atoms with Gasteiger partial charge in [-0.05, 0) is 43.6 Å². The summed E-state index contributed by atoms with van der Waals surface area (Å²) >= 11 is 1.71. The summed E-state index contributed by atoms with van der Waals surface area (Å²) in [5, 5.41) is 5.11. The van der Waals surface area contributed by atoms with E-state index in [9.17, 15) is 9.59 Å². The fourth-order valence-corrected chi connectivity index (χ4v) is 4.39. The molecule has 1 aromatic carbocycles. The number of aromatic amines is 1. The van der Waals surface area contributed by atoms with E-state index in [0.717, 1.165) is 29.7 Å². The Hall–Kier alpha value is -2.73. The largest absolute Gasteiger partial charge is 0.356 e. The normalized spacial score (nSPS) is 16.2. The number of thiophene rings is 1. The zero-order valence-electron chi connectivity index (χ0n) is 15.6. The Morgan fingerprint density at radius 3 is 2.75 bits per heavy atom. The third-order valence-corrected chi connectivity index (χ3v) is 6.18. The number of carbonyl (C=O) groups is 1. The van der Waals surface area contributed by atoms with Gasteiger partial charge in [-0.3, -0.25) is 9.59 Å². The minimum atomic E-state index is -0.0809. The number of nitrogens with one attached hydrogen (secondary N) is 2. The van der Waals surface area contributed by atoms with Crippen LogP contribution in [-0.4, -0.2) is 22.4 Å². The highest BCUT2D eigenvalue weighted by molar-refractivity contribution is 7.09. The third kappa shape index (κ3) is 4.22. The first-order valence-electron chi connectivity index (χ1n) is 9.68. The minimum absolute atomic E-state index is 0.0721. The molecule has 3 aromatic rings.